The van der Waals surface area contributed by atoms with E-state index in [2.05, 4.69) is 4.98 Å². The topological polar surface area (TPSA) is 50.2 Å². The van der Waals surface area contributed by atoms with E-state index in [4.69, 9.17) is 5.11 Å². The van der Waals surface area contributed by atoms with Crippen LogP contribution >= 0.6 is 0 Å². The van der Waals surface area contributed by atoms with Gasteiger partial charge in [0.25, 0.3) is 0 Å². The Balaban J connectivity index is 2.43. The summed E-state index contributed by atoms with van der Waals surface area (Å²) in [6, 6.07) is 1.01. The van der Waals surface area contributed by atoms with Crippen molar-refractivity contribution in [2.75, 3.05) is 0 Å². The molecule has 0 radical (unpaired) electrons. The minimum absolute atomic E-state index is 0.275. The highest BCUT2D eigenvalue weighted by atomic mass is 19.4. The van der Waals surface area contributed by atoms with Gasteiger partial charge in [0.05, 0.1) is 17.2 Å². The summed E-state index contributed by atoms with van der Waals surface area (Å²) >= 11 is 0. The van der Waals surface area contributed by atoms with Crippen LogP contribution in [0, 0.1) is 0 Å². The minimum Gasteiger partial charge on any atom is -0.481 e. The van der Waals surface area contributed by atoms with Gasteiger partial charge in [0.1, 0.15) is 0 Å². The molecule has 0 aliphatic heterocycles. The van der Waals surface area contributed by atoms with E-state index < -0.39 is 23.6 Å². The molecule has 0 bridgehead atoms. The number of carboxylic acid groups (broad SMARTS) is 1. The molecule has 1 aliphatic carbocycles. The number of alkyl halides is 3. The molecule has 2 rings (SSSR count). The summed E-state index contributed by atoms with van der Waals surface area (Å²) in [5.41, 5.74) is -0.141. The van der Waals surface area contributed by atoms with Gasteiger partial charge < -0.3 is 5.11 Å². The molecule has 3 nitrogen and oxygen atoms in total. The summed E-state index contributed by atoms with van der Waals surface area (Å²) < 4.78 is 37.4. The average Bonchev–Trinajstić information content (AvgIpc) is 2.26. The number of halogens is 3. The second-order valence-electron chi connectivity index (χ2n) is 4.05. The van der Waals surface area contributed by atoms with Crippen LogP contribution in [0.4, 0.5) is 13.2 Å². The lowest BCUT2D eigenvalue weighted by atomic mass is 9.86. The number of pyridine rings is 1. The Morgan fingerprint density at radius 1 is 1.47 bits per heavy atom. The van der Waals surface area contributed by atoms with Crippen molar-refractivity contribution in [3.63, 3.8) is 0 Å². The normalized spacial score (nSPS) is 19.8. The molecule has 0 saturated heterocycles. The van der Waals surface area contributed by atoms with Crippen molar-refractivity contribution in [1.82, 2.24) is 4.98 Å². The third kappa shape index (κ3) is 2.25. The van der Waals surface area contributed by atoms with Crippen molar-refractivity contribution in [1.29, 1.82) is 0 Å². The first kappa shape index (κ1) is 11.9. The molecule has 1 heterocycles. The summed E-state index contributed by atoms with van der Waals surface area (Å²) in [6.07, 6.45) is -2.26. The van der Waals surface area contributed by atoms with E-state index in [1.807, 2.05) is 0 Å². The largest absolute Gasteiger partial charge is 0.481 e. The Kier molecular flexibility index (Phi) is 2.81. The predicted octanol–water partition coefficient (Wildman–Crippen LogP) is 2.60. The van der Waals surface area contributed by atoms with Gasteiger partial charge in [0.15, 0.2) is 0 Å². The zero-order valence-corrected chi connectivity index (χ0v) is 8.79. The first-order valence-corrected chi connectivity index (χ1v) is 5.18. The van der Waals surface area contributed by atoms with Crippen LogP contribution in [0.1, 0.15) is 35.6 Å². The molecule has 6 heteroatoms. The van der Waals surface area contributed by atoms with E-state index in [1.165, 1.54) is 0 Å². The number of aromatic nitrogens is 1. The fraction of sp³-hybridized carbons (Fsp3) is 0.455. The van der Waals surface area contributed by atoms with Crippen LogP contribution in [-0.2, 0) is 17.4 Å². The van der Waals surface area contributed by atoms with Crippen molar-refractivity contribution >= 4 is 5.97 Å². The number of nitrogens with zero attached hydrogens (tertiary/aromatic N) is 1. The van der Waals surface area contributed by atoms with Gasteiger partial charge in [-0.25, -0.2) is 0 Å². The molecule has 17 heavy (non-hydrogen) atoms. The zero-order chi connectivity index (χ0) is 12.6. The molecule has 0 spiro atoms. The lowest BCUT2D eigenvalue weighted by Crippen LogP contribution is -2.20. The molecule has 1 N–H and O–H groups in total. The van der Waals surface area contributed by atoms with Gasteiger partial charge in [0.2, 0.25) is 0 Å². The smallest absolute Gasteiger partial charge is 0.417 e. The van der Waals surface area contributed by atoms with Crippen LogP contribution in [0.5, 0.6) is 0 Å². The second-order valence-corrected chi connectivity index (χ2v) is 4.05. The summed E-state index contributed by atoms with van der Waals surface area (Å²) in [5.74, 6) is -1.81. The standard InChI is InChI=1S/C11H10F3NO2/c12-11(13,14)7-4-6-2-1-3-8(10(16)17)9(6)15-5-7/h4-5,8H,1-3H2,(H,16,17). The first-order chi connectivity index (χ1) is 7.89. The predicted molar refractivity (Wildman–Crippen MR) is 52.6 cm³/mol. The monoisotopic (exact) mass is 245 g/mol. The maximum Gasteiger partial charge on any atom is 0.417 e. The maximum atomic E-state index is 12.5. The van der Waals surface area contributed by atoms with Gasteiger partial charge in [-0.3, -0.25) is 9.78 Å². The van der Waals surface area contributed by atoms with E-state index in [0.29, 0.717) is 31.0 Å². The summed E-state index contributed by atoms with van der Waals surface area (Å²) in [4.78, 5) is 14.6. The van der Waals surface area contributed by atoms with E-state index >= 15 is 0 Å². The summed E-state index contributed by atoms with van der Waals surface area (Å²) in [6.45, 7) is 0. The summed E-state index contributed by atoms with van der Waals surface area (Å²) in [5, 5.41) is 8.95. The maximum absolute atomic E-state index is 12.5. The second kappa shape index (κ2) is 4.01. The fourth-order valence-electron chi connectivity index (χ4n) is 2.06. The zero-order valence-electron chi connectivity index (χ0n) is 8.79. The minimum atomic E-state index is -4.43. The van der Waals surface area contributed by atoms with E-state index in [0.717, 1.165) is 6.07 Å². The molecule has 0 amide bonds. The van der Waals surface area contributed by atoms with E-state index in [1.54, 1.807) is 0 Å². The number of hydrogen-bond acceptors (Lipinski definition) is 2. The number of carbonyl (C=O) groups is 1. The van der Waals surface area contributed by atoms with Crippen LogP contribution in [-0.4, -0.2) is 16.1 Å². The SMILES string of the molecule is O=C(O)C1CCCc2cc(C(F)(F)F)cnc21. The summed E-state index contributed by atoms with van der Waals surface area (Å²) in [7, 11) is 0. The Morgan fingerprint density at radius 2 is 2.18 bits per heavy atom. The third-order valence-corrected chi connectivity index (χ3v) is 2.90. The number of fused-ring (bicyclic) bond motifs is 1. The number of rotatable bonds is 1. The van der Waals surface area contributed by atoms with Gasteiger partial charge in [-0.1, -0.05) is 0 Å². The molecule has 92 valence electrons. The number of hydrogen-bond donors (Lipinski definition) is 1. The molecule has 0 fully saturated rings. The molecule has 1 aliphatic rings. The van der Waals surface area contributed by atoms with Gasteiger partial charge in [-0.15, -0.1) is 0 Å². The fourth-order valence-corrected chi connectivity index (χ4v) is 2.06. The Bertz CT molecular complexity index is 457. The molecule has 0 aromatic carbocycles. The van der Waals surface area contributed by atoms with Crippen LogP contribution in [0.3, 0.4) is 0 Å². The molecular formula is C11H10F3NO2. The number of carboxylic acids is 1. The van der Waals surface area contributed by atoms with Crippen molar-refractivity contribution < 1.29 is 23.1 Å². The van der Waals surface area contributed by atoms with Crippen LogP contribution in [0.25, 0.3) is 0 Å². The molecule has 0 saturated carbocycles. The van der Waals surface area contributed by atoms with Gasteiger partial charge in [-0.2, -0.15) is 13.2 Å². The first-order valence-electron chi connectivity index (χ1n) is 5.18. The Morgan fingerprint density at radius 3 is 2.76 bits per heavy atom. The Labute approximate surface area is 95.3 Å². The lowest BCUT2D eigenvalue weighted by molar-refractivity contribution is -0.139. The molecule has 1 atom stereocenters. The number of aryl methyl sites for hydroxylation is 1. The van der Waals surface area contributed by atoms with Crippen molar-refractivity contribution in [2.24, 2.45) is 0 Å². The highest BCUT2D eigenvalue weighted by Crippen LogP contribution is 2.35. The highest BCUT2D eigenvalue weighted by Gasteiger charge is 2.34. The molecule has 1 unspecified atom stereocenters. The van der Waals surface area contributed by atoms with Crippen LogP contribution in [0.15, 0.2) is 12.3 Å². The Hall–Kier alpha value is -1.59. The average molecular weight is 245 g/mol. The molecular weight excluding hydrogens is 235 g/mol. The van der Waals surface area contributed by atoms with Gasteiger partial charge in [0, 0.05) is 6.20 Å². The quantitative estimate of drug-likeness (QED) is 0.827. The number of aliphatic carboxylic acids is 1. The van der Waals surface area contributed by atoms with Gasteiger partial charge in [-0.05, 0) is 30.9 Å². The van der Waals surface area contributed by atoms with E-state index in [9.17, 15) is 18.0 Å². The third-order valence-electron chi connectivity index (χ3n) is 2.90. The van der Waals surface area contributed by atoms with Gasteiger partial charge >= 0.3 is 12.1 Å². The van der Waals surface area contributed by atoms with Crippen LogP contribution in [0.2, 0.25) is 0 Å². The molecule has 1 aromatic rings. The highest BCUT2D eigenvalue weighted by molar-refractivity contribution is 5.76. The van der Waals surface area contributed by atoms with Crippen molar-refractivity contribution in [3.05, 3.63) is 29.1 Å². The lowest BCUT2D eigenvalue weighted by Gasteiger charge is -2.22. The van der Waals surface area contributed by atoms with E-state index in [-0.39, 0.29) is 5.69 Å². The van der Waals surface area contributed by atoms with Crippen molar-refractivity contribution in [2.45, 2.75) is 31.4 Å². The van der Waals surface area contributed by atoms with Crippen LogP contribution < -0.4 is 0 Å². The van der Waals surface area contributed by atoms with Crippen molar-refractivity contribution in [3.8, 4) is 0 Å². The molecule has 1 aromatic heterocycles.